The molecule has 0 fully saturated rings. The first kappa shape index (κ1) is 24.7. The summed E-state index contributed by atoms with van der Waals surface area (Å²) in [5, 5.41) is 7.27. The van der Waals surface area contributed by atoms with Crippen LogP contribution in [0.5, 0.6) is 5.75 Å². The van der Waals surface area contributed by atoms with Gasteiger partial charge in [-0.05, 0) is 74.7 Å². The average molecular weight is 538 g/mol. The summed E-state index contributed by atoms with van der Waals surface area (Å²) in [6.45, 7) is 4.64. The van der Waals surface area contributed by atoms with Crippen LogP contribution in [0.2, 0.25) is 0 Å². The van der Waals surface area contributed by atoms with Crippen LogP contribution in [0.3, 0.4) is 0 Å². The minimum Gasteiger partial charge on any atom is -0.494 e. The lowest BCUT2D eigenvalue weighted by Crippen LogP contribution is -2.22. The summed E-state index contributed by atoms with van der Waals surface area (Å²) in [5.41, 5.74) is 6.04. The van der Waals surface area contributed by atoms with Crippen LogP contribution in [0, 0.1) is 6.92 Å². The van der Waals surface area contributed by atoms with Crippen LogP contribution in [0.15, 0.2) is 62.5 Å². The van der Waals surface area contributed by atoms with E-state index in [0.29, 0.717) is 42.0 Å². The maximum atomic E-state index is 13.0. The molecule has 1 aromatic heterocycles. The molecular formula is C27H28BrN3O4. The van der Waals surface area contributed by atoms with Gasteiger partial charge in [-0.1, -0.05) is 29.3 Å². The Hall–Kier alpha value is -3.39. The largest absolute Gasteiger partial charge is 0.494 e. The molecule has 0 radical (unpaired) electrons. The number of rotatable bonds is 8. The number of aryl methyl sites for hydroxylation is 1. The van der Waals surface area contributed by atoms with Gasteiger partial charge in [0.05, 0.1) is 12.3 Å². The van der Waals surface area contributed by atoms with Gasteiger partial charge in [-0.15, -0.1) is 0 Å². The monoisotopic (exact) mass is 537 g/mol. The average Bonchev–Trinajstić information content (AvgIpc) is 3.21. The first-order valence-corrected chi connectivity index (χ1v) is 12.5. The van der Waals surface area contributed by atoms with E-state index < -0.39 is 0 Å². The van der Waals surface area contributed by atoms with Gasteiger partial charge in [0.15, 0.2) is 5.76 Å². The highest BCUT2D eigenvalue weighted by Crippen LogP contribution is 2.30. The summed E-state index contributed by atoms with van der Waals surface area (Å²) >= 11 is 3.36. The number of hydrazone groups is 1. The molecule has 2 amide bonds. The van der Waals surface area contributed by atoms with E-state index in [4.69, 9.17) is 9.15 Å². The molecule has 8 heteroatoms. The zero-order valence-electron chi connectivity index (χ0n) is 19.8. The molecule has 0 saturated carbocycles. The predicted molar refractivity (Wildman–Crippen MR) is 139 cm³/mol. The van der Waals surface area contributed by atoms with E-state index >= 15 is 0 Å². The van der Waals surface area contributed by atoms with Gasteiger partial charge in [0.25, 0.3) is 11.8 Å². The number of ether oxygens (including phenoxy) is 1. The zero-order valence-corrected chi connectivity index (χ0v) is 21.4. The maximum Gasteiger partial charge on any atom is 0.291 e. The molecule has 1 aliphatic carbocycles. The second kappa shape index (κ2) is 11.4. The number of amides is 2. The summed E-state index contributed by atoms with van der Waals surface area (Å²) in [4.78, 5) is 25.5. The molecule has 0 spiro atoms. The first-order valence-electron chi connectivity index (χ1n) is 11.8. The molecule has 182 valence electrons. The highest BCUT2D eigenvalue weighted by molar-refractivity contribution is 9.10. The second-order valence-electron chi connectivity index (χ2n) is 8.39. The van der Waals surface area contributed by atoms with Gasteiger partial charge >= 0.3 is 0 Å². The van der Waals surface area contributed by atoms with Gasteiger partial charge in [-0.25, -0.2) is 5.43 Å². The summed E-state index contributed by atoms with van der Waals surface area (Å²) < 4.78 is 12.5. The normalized spacial score (nSPS) is 13.9. The standard InChI is InChI=1S/C27H28BrN3O4/c1-3-4-16-34-21-14-12-20(13-15-21)29-27(33)25-17(2)24-22(6-5-7-23(24)35-25)30-31-26(32)18-8-10-19(28)11-9-18/h8-15H,3-7,16H2,1-2H3,(H,29,33)(H,31,32)/b30-22+. The zero-order chi connectivity index (χ0) is 24.8. The quantitative estimate of drug-likeness (QED) is 0.262. The highest BCUT2D eigenvalue weighted by atomic mass is 79.9. The van der Waals surface area contributed by atoms with Crippen LogP contribution >= 0.6 is 15.9 Å². The number of carbonyl (C=O) groups is 2. The Bertz CT molecular complexity index is 1230. The molecule has 0 bridgehead atoms. The smallest absolute Gasteiger partial charge is 0.291 e. The van der Waals surface area contributed by atoms with Crippen molar-refractivity contribution in [3.05, 3.63) is 81.2 Å². The first-order chi connectivity index (χ1) is 17.0. The number of hydrogen-bond donors (Lipinski definition) is 2. The minimum absolute atomic E-state index is 0.257. The van der Waals surface area contributed by atoms with Gasteiger partial charge in [-0.3, -0.25) is 9.59 Å². The molecule has 2 aromatic carbocycles. The van der Waals surface area contributed by atoms with Crippen molar-refractivity contribution in [3.8, 4) is 5.75 Å². The Kier molecular flexibility index (Phi) is 8.02. The van der Waals surface area contributed by atoms with E-state index in [0.717, 1.165) is 40.8 Å². The van der Waals surface area contributed by atoms with Gasteiger partial charge in [0.1, 0.15) is 11.5 Å². The predicted octanol–water partition coefficient (Wildman–Crippen LogP) is 6.25. The molecule has 2 N–H and O–H groups in total. The Morgan fingerprint density at radius 2 is 1.80 bits per heavy atom. The van der Waals surface area contributed by atoms with Crippen molar-refractivity contribution in [1.29, 1.82) is 0 Å². The topological polar surface area (TPSA) is 92.9 Å². The van der Waals surface area contributed by atoms with Crippen molar-refractivity contribution < 1.29 is 18.7 Å². The van der Waals surface area contributed by atoms with Gasteiger partial charge < -0.3 is 14.5 Å². The van der Waals surface area contributed by atoms with Gasteiger partial charge in [0.2, 0.25) is 0 Å². The highest BCUT2D eigenvalue weighted by Gasteiger charge is 2.28. The maximum absolute atomic E-state index is 13.0. The molecule has 7 nitrogen and oxygen atoms in total. The van der Waals surface area contributed by atoms with Crippen molar-refractivity contribution in [1.82, 2.24) is 5.43 Å². The van der Waals surface area contributed by atoms with E-state index in [1.165, 1.54) is 0 Å². The number of fused-ring (bicyclic) bond motifs is 1. The minimum atomic E-state index is -0.324. The summed E-state index contributed by atoms with van der Waals surface area (Å²) in [6, 6.07) is 14.3. The number of carbonyl (C=O) groups excluding carboxylic acids is 2. The number of halogens is 1. The molecule has 0 aliphatic heterocycles. The van der Waals surface area contributed by atoms with Crippen molar-refractivity contribution in [2.24, 2.45) is 5.10 Å². The Morgan fingerprint density at radius 3 is 2.51 bits per heavy atom. The van der Waals surface area contributed by atoms with Crippen LogP contribution in [0.25, 0.3) is 0 Å². The number of nitrogens with one attached hydrogen (secondary N) is 2. The third-order valence-corrected chi connectivity index (χ3v) is 6.34. The van der Waals surface area contributed by atoms with E-state index in [2.05, 4.69) is 38.7 Å². The number of hydrogen-bond acceptors (Lipinski definition) is 5. The van der Waals surface area contributed by atoms with Crippen molar-refractivity contribution in [3.63, 3.8) is 0 Å². The molecule has 0 atom stereocenters. The fraction of sp³-hybridized carbons (Fsp3) is 0.296. The molecular weight excluding hydrogens is 510 g/mol. The van der Waals surface area contributed by atoms with E-state index in [1.807, 2.05) is 31.2 Å². The van der Waals surface area contributed by atoms with Crippen LogP contribution < -0.4 is 15.5 Å². The van der Waals surface area contributed by atoms with Crippen molar-refractivity contribution in [2.45, 2.75) is 46.0 Å². The Labute approximate surface area is 213 Å². The van der Waals surface area contributed by atoms with Crippen LogP contribution in [0.4, 0.5) is 5.69 Å². The molecule has 0 saturated heterocycles. The molecule has 35 heavy (non-hydrogen) atoms. The number of nitrogens with zero attached hydrogens (tertiary/aromatic N) is 1. The van der Waals surface area contributed by atoms with Crippen molar-refractivity contribution >= 4 is 39.1 Å². The second-order valence-corrected chi connectivity index (χ2v) is 9.31. The lowest BCUT2D eigenvalue weighted by atomic mass is 9.93. The van der Waals surface area contributed by atoms with E-state index in [1.54, 1.807) is 24.3 Å². The van der Waals surface area contributed by atoms with Crippen LogP contribution in [-0.2, 0) is 6.42 Å². The summed E-state index contributed by atoms with van der Waals surface area (Å²) in [5.74, 6) is 1.13. The van der Waals surface area contributed by atoms with Crippen LogP contribution in [-0.4, -0.2) is 24.1 Å². The molecule has 4 rings (SSSR count). The third kappa shape index (κ3) is 6.00. The summed E-state index contributed by atoms with van der Waals surface area (Å²) in [7, 11) is 0. The Morgan fingerprint density at radius 1 is 1.06 bits per heavy atom. The van der Waals surface area contributed by atoms with Gasteiger partial charge in [0, 0.05) is 33.3 Å². The third-order valence-electron chi connectivity index (χ3n) is 5.81. The van der Waals surface area contributed by atoms with E-state index in [9.17, 15) is 9.59 Å². The summed E-state index contributed by atoms with van der Waals surface area (Å²) in [6.07, 6.45) is 4.31. The van der Waals surface area contributed by atoms with Crippen LogP contribution in [0.1, 0.15) is 70.4 Å². The fourth-order valence-electron chi connectivity index (χ4n) is 3.94. The molecule has 3 aromatic rings. The fourth-order valence-corrected chi connectivity index (χ4v) is 4.20. The van der Waals surface area contributed by atoms with E-state index in [-0.39, 0.29) is 17.6 Å². The number of anilines is 1. The molecule has 1 aliphatic rings. The number of unbranched alkanes of at least 4 members (excludes halogenated alkanes) is 1. The number of benzene rings is 2. The lowest BCUT2D eigenvalue weighted by Gasteiger charge is -2.13. The number of furan rings is 1. The lowest BCUT2D eigenvalue weighted by molar-refractivity contribution is 0.0953. The molecule has 1 heterocycles. The Balaban J connectivity index is 1.46. The SMILES string of the molecule is CCCCOc1ccc(NC(=O)c2oc3c(c2C)/C(=N/NC(=O)c2ccc(Br)cc2)CCC3)cc1. The van der Waals surface area contributed by atoms with Crippen molar-refractivity contribution in [2.75, 3.05) is 11.9 Å². The molecule has 0 unspecified atom stereocenters. The van der Waals surface area contributed by atoms with Gasteiger partial charge in [-0.2, -0.15) is 5.10 Å².